The predicted molar refractivity (Wildman–Crippen MR) is 95.2 cm³/mol. The van der Waals surface area contributed by atoms with Crippen molar-refractivity contribution < 1.29 is 9.53 Å². The number of anilines is 2. The van der Waals surface area contributed by atoms with Crippen LogP contribution < -0.4 is 15.4 Å². The Balaban J connectivity index is 1.90. The minimum atomic E-state index is -0.0802. The molecule has 0 heterocycles. The third kappa shape index (κ3) is 5.33. The molecule has 2 aromatic rings. The van der Waals surface area contributed by atoms with E-state index in [1.807, 2.05) is 63.2 Å². The monoisotopic (exact) mass is 312 g/mol. The van der Waals surface area contributed by atoms with Gasteiger partial charge in [0.25, 0.3) is 0 Å². The summed E-state index contributed by atoms with van der Waals surface area (Å²) in [5.74, 6) is 0.711. The highest BCUT2D eigenvalue weighted by atomic mass is 16.5. The molecule has 0 fully saturated rings. The lowest BCUT2D eigenvalue weighted by molar-refractivity contribution is -0.114. The van der Waals surface area contributed by atoms with Crippen molar-refractivity contribution in [1.82, 2.24) is 0 Å². The van der Waals surface area contributed by atoms with Crippen LogP contribution in [0.5, 0.6) is 5.75 Å². The number of carbonyl (C=O) groups is 1. The van der Waals surface area contributed by atoms with Crippen LogP contribution in [0.2, 0.25) is 0 Å². The molecule has 4 nitrogen and oxygen atoms in total. The Labute approximate surface area is 137 Å². The molecule has 0 aliphatic heterocycles. The average molecular weight is 312 g/mol. The van der Waals surface area contributed by atoms with Crippen LogP contribution in [-0.4, -0.2) is 18.6 Å². The van der Waals surface area contributed by atoms with Crippen LogP contribution in [0.1, 0.15) is 25.0 Å². The number of benzene rings is 2. The molecule has 0 aliphatic rings. The van der Waals surface area contributed by atoms with Gasteiger partial charge in [0.05, 0.1) is 12.6 Å². The van der Waals surface area contributed by atoms with E-state index in [1.54, 1.807) is 0 Å². The van der Waals surface area contributed by atoms with Gasteiger partial charge in [-0.2, -0.15) is 0 Å². The van der Waals surface area contributed by atoms with Crippen molar-refractivity contribution in [3.63, 3.8) is 0 Å². The van der Waals surface area contributed by atoms with E-state index in [1.165, 1.54) is 5.56 Å². The Hall–Kier alpha value is -2.49. The molecule has 23 heavy (non-hydrogen) atoms. The molecule has 0 saturated carbocycles. The third-order valence-corrected chi connectivity index (χ3v) is 3.45. The topological polar surface area (TPSA) is 50.4 Å². The normalized spacial score (nSPS) is 10.5. The first-order valence-corrected chi connectivity index (χ1v) is 7.82. The second-order valence-electron chi connectivity index (χ2n) is 5.90. The highest BCUT2D eigenvalue weighted by Crippen LogP contribution is 2.18. The van der Waals surface area contributed by atoms with E-state index in [-0.39, 0.29) is 18.6 Å². The summed E-state index contributed by atoms with van der Waals surface area (Å²) in [6, 6.07) is 13.5. The fraction of sp³-hybridized carbons (Fsp3) is 0.316. The van der Waals surface area contributed by atoms with Gasteiger partial charge in [-0.05, 0) is 63.1 Å². The highest BCUT2D eigenvalue weighted by molar-refractivity contribution is 5.93. The lowest BCUT2D eigenvalue weighted by atomic mass is 10.1. The van der Waals surface area contributed by atoms with E-state index in [2.05, 4.69) is 17.6 Å². The Bertz CT molecular complexity index is 681. The summed E-state index contributed by atoms with van der Waals surface area (Å²) in [7, 11) is 0. The smallest absolute Gasteiger partial charge is 0.243 e. The molecule has 0 unspecified atom stereocenters. The van der Waals surface area contributed by atoms with Gasteiger partial charge in [0.2, 0.25) is 5.91 Å². The zero-order valence-electron chi connectivity index (χ0n) is 14.1. The number of hydrogen-bond acceptors (Lipinski definition) is 3. The fourth-order valence-electron chi connectivity index (χ4n) is 2.16. The van der Waals surface area contributed by atoms with Gasteiger partial charge in [0.15, 0.2) is 0 Å². The summed E-state index contributed by atoms with van der Waals surface area (Å²) in [6.07, 6.45) is 0.123. The van der Waals surface area contributed by atoms with Crippen LogP contribution in [0.25, 0.3) is 0 Å². The average Bonchev–Trinajstić information content (AvgIpc) is 2.49. The standard InChI is InChI=1S/C19H24N2O2/c1-13(2)23-18-7-5-6-16(11-18)20-12-19(22)21-17-9-8-14(3)15(4)10-17/h5-11,13,20H,12H2,1-4H3,(H,21,22). The number of rotatable bonds is 6. The van der Waals surface area contributed by atoms with Gasteiger partial charge < -0.3 is 15.4 Å². The van der Waals surface area contributed by atoms with Crippen LogP contribution in [0.4, 0.5) is 11.4 Å². The zero-order chi connectivity index (χ0) is 16.8. The molecule has 0 aliphatic carbocycles. The van der Waals surface area contributed by atoms with E-state index in [0.717, 1.165) is 22.7 Å². The largest absolute Gasteiger partial charge is 0.491 e. The molecule has 2 aromatic carbocycles. The van der Waals surface area contributed by atoms with Crippen LogP contribution in [0.15, 0.2) is 42.5 Å². The van der Waals surface area contributed by atoms with E-state index in [0.29, 0.717) is 0 Å². The molecule has 0 bridgehead atoms. The van der Waals surface area contributed by atoms with Crippen LogP contribution >= 0.6 is 0 Å². The van der Waals surface area contributed by atoms with Crippen LogP contribution in [0.3, 0.4) is 0 Å². The molecule has 2 N–H and O–H groups in total. The number of hydrogen-bond donors (Lipinski definition) is 2. The van der Waals surface area contributed by atoms with Gasteiger partial charge >= 0.3 is 0 Å². The van der Waals surface area contributed by atoms with Gasteiger partial charge in [-0.3, -0.25) is 4.79 Å². The first-order valence-electron chi connectivity index (χ1n) is 7.82. The molecule has 0 atom stereocenters. The molecule has 0 aromatic heterocycles. The number of ether oxygens (including phenoxy) is 1. The maximum Gasteiger partial charge on any atom is 0.243 e. The van der Waals surface area contributed by atoms with Crippen molar-refractivity contribution >= 4 is 17.3 Å². The Kier molecular flexibility index (Phi) is 5.63. The van der Waals surface area contributed by atoms with Crippen molar-refractivity contribution in [2.75, 3.05) is 17.2 Å². The Morgan fingerprint density at radius 1 is 1.04 bits per heavy atom. The molecule has 122 valence electrons. The highest BCUT2D eigenvalue weighted by Gasteiger charge is 2.04. The Morgan fingerprint density at radius 2 is 1.83 bits per heavy atom. The van der Waals surface area contributed by atoms with Gasteiger partial charge in [0.1, 0.15) is 5.75 Å². The van der Waals surface area contributed by atoms with Crippen LogP contribution in [-0.2, 0) is 4.79 Å². The van der Waals surface area contributed by atoms with E-state index in [9.17, 15) is 4.79 Å². The van der Waals surface area contributed by atoms with Gasteiger partial charge in [-0.1, -0.05) is 12.1 Å². The maximum absolute atomic E-state index is 12.0. The van der Waals surface area contributed by atoms with Crippen molar-refractivity contribution in [1.29, 1.82) is 0 Å². The van der Waals surface area contributed by atoms with E-state index in [4.69, 9.17) is 4.74 Å². The van der Waals surface area contributed by atoms with Gasteiger partial charge in [0, 0.05) is 17.4 Å². The first kappa shape index (κ1) is 16.9. The minimum Gasteiger partial charge on any atom is -0.491 e. The molecule has 0 saturated heterocycles. The number of carbonyl (C=O) groups excluding carboxylic acids is 1. The number of nitrogens with one attached hydrogen (secondary N) is 2. The SMILES string of the molecule is Cc1ccc(NC(=O)CNc2cccc(OC(C)C)c2)cc1C. The number of aryl methyl sites for hydroxylation is 2. The predicted octanol–water partition coefficient (Wildman–Crippen LogP) is 4.14. The quantitative estimate of drug-likeness (QED) is 0.843. The summed E-state index contributed by atoms with van der Waals surface area (Å²) in [4.78, 5) is 12.0. The molecular formula is C19H24N2O2. The minimum absolute atomic E-state index is 0.0802. The first-order chi connectivity index (χ1) is 10.9. The van der Waals surface area contributed by atoms with Crippen molar-refractivity contribution in [3.05, 3.63) is 53.6 Å². The maximum atomic E-state index is 12.0. The summed E-state index contributed by atoms with van der Waals surface area (Å²) in [5.41, 5.74) is 4.05. The molecule has 4 heteroatoms. The van der Waals surface area contributed by atoms with E-state index >= 15 is 0 Å². The summed E-state index contributed by atoms with van der Waals surface area (Å²) >= 11 is 0. The third-order valence-electron chi connectivity index (χ3n) is 3.45. The Morgan fingerprint density at radius 3 is 2.52 bits per heavy atom. The molecule has 1 amide bonds. The second kappa shape index (κ2) is 7.68. The summed E-state index contributed by atoms with van der Waals surface area (Å²) in [6.45, 7) is 8.25. The lowest BCUT2D eigenvalue weighted by Crippen LogP contribution is -2.21. The second-order valence-corrected chi connectivity index (χ2v) is 5.90. The molecular weight excluding hydrogens is 288 g/mol. The van der Waals surface area contributed by atoms with Crippen molar-refractivity contribution in [2.24, 2.45) is 0 Å². The number of amides is 1. The van der Waals surface area contributed by atoms with Crippen molar-refractivity contribution in [3.8, 4) is 5.75 Å². The molecule has 0 spiro atoms. The van der Waals surface area contributed by atoms with E-state index < -0.39 is 0 Å². The summed E-state index contributed by atoms with van der Waals surface area (Å²) in [5, 5.41) is 6.01. The molecule has 0 radical (unpaired) electrons. The van der Waals surface area contributed by atoms with Gasteiger partial charge in [-0.25, -0.2) is 0 Å². The fourth-order valence-corrected chi connectivity index (χ4v) is 2.16. The van der Waals surface area contributed by atoms with Crippen molar-refractivity contribution in [2.45, 2.75) is 33.8 Å². The van der Waals surface area contributed by atoms with Gasteiger partial charge in [-0.15, -0.1) is 0 Å². The molecule has 2 rings (SSSR count). The van der Waals surface area contributed by atoms with Crippen LogP contribution in [0, 0.1) is 13.8 Å². The zero-order valence-corrected chi connectivity index (χ0v) is 14.1. The summed E-state index contributed by atoms with van der Waals surface area (Å²) < 4.78 is 5.64. The lowest BCUT2D eigenvalue weighted by Gasteiger charge is -2.12.